The molecule has 2 aromatic carbocycles. The molecule has 1 amide bonds. The van der Waals surface area contributed by atoms with Crippen LogP contribution in [0, 0.1) is 6.92 Å². The summed E-state index contributed by atoms with van der Waals surface area (Å²) < 4.78 is 44.9. The summed E-state index contributed by atoms with van der Waals surface area (Å²) in [4.78, 5) is 39.5. The minimum Gasteiger partial charge on any atom is -0.404 e. The molecule has 1 aliphatic rings. The molecule has 0 saturated carbocycles. The highest BCUT2D eigenvalue weighted by Crippen LogP contribution is 2.32. The SMILES string of the molecule is Cc1cccc(-c2ccc3c(=O)n(-c4ccc(OC(F)(F)F)c(NC(=O)C(C)N5CCN(C)CC5)c4)cnc3c2)n1. The monoisotopic (exact) mass is 566 g/mol. The lowest BCUT2D eigenvalue weighted by molar-refractivity contribution is -0.274. The molecule has 0 aliphatic carbocycles. The zero-order valence-electron chi connectivity index (χ0n) is 22.8. The fraction of sp³-hybridized carbons (Fsp3) is 0.310. The predicted molar refractivity (Wildman–Crippen MR) is 149 cm³/mol. The van der Waals surface area contributed by atoms with Crippen LogP contribution in [0.5, 0.6) is 5.75 Å². The number of piperazine rings is 1. The predicted octanol–water partition coefficient (Wildman–Crippen LogP) is 4.23. The normalized spacial score (nSPS) is 15.6. The van der Waals surface area contributed by atoms with Gasteiger partial charge in [0, 0.05) is 37.4 Å². The third-order valence-electron chi connectivity index (χ3n) is 7.13. The Labute approximate surface area is 234 Å². The number of anilines is 1. The lowest BCUT2D eigenvalue weighted by Gasteiger charge is -2.35. The van der Waals surface area contributed by atoms with Gasteiger partial charge in [-0.2, -0.15) is 0 Å². The van der Waals surface area contributed by atoms with Crippen molar-refractivity contribution >= 4 is 22.5 Å². The number of hydrogen-bond donors (Lipinski definition) is 1. The van der Waals surface area contributed by atoms with Gasteiger partial charge in [-0.05, 0) is 63.4 Å². The van der Waals surface area contributed by atoms with E-state index in [9.17, 15) is 22.8 Å². The summed E-state index contributed by atoms with van der Waals surface area (Å²) in [6, 6.07) is 13.9. The number of nitrogens with zero attached hydrogens (tertiary/aromatic N) is 5. The number of rotatable bonds is 6. The first-order valence-electron chi connectivity index (χ1n) is 13.1. The van der Waals surface area contributed by atoms with E-state index >= 15 is 0 Å². The van der Waals surface area contributed by atoms with E-state index in [1.165, 1.54) is 23.0 Å². The van der Waals surface area contributed by atoms with Crippen molar-refractivity contribution < 1.29 is 22.7 Å². The van der Waals surface area contributed by atoms with Crippen LogP contribution in [0.15, 0.2) is 65.7 Å². The lowest BCUT2D eigenvalue weighted by atomic mass is 10.1. The molecule has 0 bridgehead atoms. The molecule has 2 aromatic heterocycles. The summed E-state index contributed by atoms with van der Waals surface area (Å²) >= 11 is 0. The van der Waals surface area contributed by atoms with Gasteiger partial charge in [-0.3, -0.25) is 24.0 Å². The Balaban J connectivity index is 1.48. The van der Waals surface area contributed by atoms with Crippen LogP contribution in [0.1, 0.15) is 12.6 Å². The van der Waals surface area contributed by atoms with Crippen LogP contribution in [-0.4, -0.2) is 75.9 Å². The number of fused-ring (bicyclic) bond motifs is 1. The summed E-state index contributed by atoms with van der Waals surface area (Å²) in [7, 11) is 1.98. The van der Waals surface area contributed by atoms with E-state index in [0.29, 0.717) is 24.0 Å². The lowest BCUT2D eigenvalue weighted by Crippen LogP contribution is -2.51. The van der Waals surface area contributed by atoms with E-state index in [0.717, 1.165) is 36.1 Å². The smallest absolute Gasteiger partial charge is 0.404 e. The van der Waals surface area contributed by atoms with E-state index in [1.807, 2.05) is 37.1 Å². The Kier molecular flexibility index (Phi) is 7.78. The molecule has 1 N–H and O–H groups in total. The molecule has 5 rings (SSSR count). The highest BCUT2D eigenvalue weighted by atomic mass is 19.4. The number of amides is 1. The Hall–Kier alpha value is -4.29. The maximum Gasteiger partial charge on any atom is 0.573 e. The minimum atomic E-state index is -4.98. The number of halogens is 3. The number of pyridine rings is 1. The number of likely N-dealkylation sites (N-methyl/N-ethyl adjacent to an activating group) is 1. The Morgan fingerprint density at radius 2 is 1.80 bits per heavy atom. The van der Waals surface area contributed by atoms with Gasteiger partial charge in [0.15, 0.2) is 5.75 Å². The molecule has 0 spiro atoms. The zero-order valence-corrected chi connectivity index (χ0v) is 22.8. The van der Waals surface area contributed by atoms with Crippen molar-refractivity contribution in [2.75, 3.05) is 38.5 Å². The van der Waals surface area contributed by atoms with Crippen LogP contribution < -0.4 is 15.6 Å². The molecule has 214 valence electrons. The van der Waals surface area contributed by atoms with E-state index in [2.05, 4.69) is 24.9 Å². The highest BCUT2D eigenvalue weighted by molar-refractivity contribution is 5.96. The maximum absolute atomic E-state index is 13.4. The van der Waals surface area contributed by atoms with E-state index in [1.54, 1.807) is 25.1 Å². The third kappa shape index (κ3) is 6.39. The summed E-state index contributed by atoms with van der Waals surface area (Å²) in [6.07, 6.45) is -3.68. The number of alkyl halides is 3. The van der Waals surface area contributed by atoms with Crippen molar-refractivity contribution in [1.29, 1.82) is 0 Å². The number of nitrogens with one attached hydrogen (secondary N) is 1. The second-order valence-corrected chi connectivity index (χ2v) is 10.0. The first-order chi connectivity index (χ1) is 19.5. The van der Waals surface area contributed by atoms with Gasteiger partial charge in [-0.1, -0.05) is 12.1 Å². The standard InChI is InChI=1S/C29H29F3N6O3/c1-18-5-4-6-23(34-18)20-7-9-22-24(15-20)33-17-38(28(22)40)21-8-10-26(41-29(30,31)32)25(16-21)35-27(39)19(2)37-13-11-36(3)12-14-37/h4-10,15-17,19H,11-14H2,1-3H3,(H,35,39). The molecule has 9 nitrogen and oxygen atoms in total. The molecule has 1 unspecified atom stereocenters. The molecule has 1 fully saturated rings. The van der Waals surface area contributed by atoms with Gasteiger partial charge in [0.2, 0.25) is 5.91 Å². The first-order valence-corrected chi connectivity index (χ1v) is 13.1. The number of aromatic nitrogens is 3. The topological polar surface area (TPSA) is 92.6 Å². The van der Waals surface area contributed by atoms with Gasteiger partial charge in [0.1, 0.15) is 6.33 Å². The van der Waals surface area contributed by atoms with Gasteiger partial charge >= 0.3 is 6.36 Å². The van der Waals surface area contributed by atoms with Crippen LogP contribution in [-0.2, 0) is 4.79 Å². The number of aryl methyl sites for hydroxylation is 1. The summed E-state index contributed by atoms with van der Waals surface area (Å²) in [6.45, 7) is 6.43. The maximum atomic E-state index is 13.4. The Morgan fingerprint density at radius 3 is 2.51 bits per heavy atom. The molecule has 1 saturated heterocycles. The second-order valence-electron chi connectivity index (χ2n) is 10.0. The molecular weight excluding hydrogens is 537 g/mol. The molecule has 0 radical (unpaired) electrons. The van der Waals surface area contributed by atoms with E-state index < -0.39 is 29.6 Å². The van der Waals surface area contributed by atoms with Crippen molar-refractivity contribution in [3.63, 3.8) is 0 Å². The quantitative estimate of drug-likeness (QED) is 0.374. The summed E-state index contributed by atoms with van der Waals surface area (Å²) in [5.74, 6) is -1.07. The molecule has 41 heavy (non-hydrogen) atoms. The highest BCUT2D eigenvalue weighted by Gasteiger charge is 2.33. The first kappa shape index (κ1) is 28.2. The van der Waals surface area contributed by atoms with Crippen LogP contribution in [0.3, 0.4) is 0 Å². The molecular formula is C29H29F3N6O3. The van der Waals surface area contributed by atoms with E-state index in [-0.39, 0.29) is 11.4 Å². The number of hydrogen-bond acceptors (Lipinski definition) is 7. The van der Waals surface area contributed by atoms with Crippen LogP contribution in [0.25, 0.3) is 27.8 Å². The number of ether oxygens (including phenoxy) is 1. The fourth-order valence-corrected chi connectivity index (χ4v) is 4.76. The van der Waals surface area contributed by atoms with Gasteiger partial charge in [0.25, 0.3) is 5.56 Å². The van der Waals surface area contributed by atoms with Crippen molar-refractivity contribution in [2.24, 2.45) is 0 Å². The van der Waals surface area contributed by atoms with Gasteiger partial charge in [-0.15, -0.1) is 13.2 Å². The summed E-state index contributed by atoms with van der Waals surface area (Å²) in [5.41, 5.74) is 2.41. The molecule has 4 aromatic rings. The fourth-order valence-electron chi connectivity index (χ4n) is 4.76. The van der Waals surface area contributed by atoms with Gasteiger partial charge in [-0.25, -0.2) is 4.98 Å². The minimum absolute atomic E-state index is 0.210. The number of benzene rings is 2. The average Bonchev–Trinajstić information content (AvgIpc) is 2.93. The van der Waals surface area contributed by atoms with Gasteiger partial charge < -0.3 is 15.0 Å². The van der Waals surface area contributed by atoms with Crippen LogP contribution in [0.2, 0.25) is 0 Å². The van der Waals surface area contributed by atoms with Gasteiger partial charge in [0.05, 0.1) is 34.0 Å². The van der Waals surface area contributed by atoms with Crippen molar-refractivity contribution in [3.8, 4) is 22.7 Å². The largest absolute Gasteiger partial charge is 0.573 e. The van der Waals surface area contributed by atoms with E-state index in [4.69, 9.17) is 0 Å². The number of carbonyl (C=O) groups is 1. The van der Waals surface area contributed by atoms with Crippen molar-refractivity contribution in [2.45, 2.75) is 26.3 Å². The average molecular weight is 567 g/mol. The molecule has 1 atom stereocenters. The number of carbonyl (C=O) groups excluding carboxylic acids is 1. The van der Waals surface area contributed by atoms with Crippen LogP contribution in [0.4, 0.5) is 18.9 Å². The second kappa shape index (κ2) is 11.3. The Morgan fingerprint density at radius 1 is 1.05 bits per heavy atom. The molecule has 3 heterocycles. The van der Waals surface area contributed by atoms with Crippen molar-refractivity contribution in [3.05, 3.63) is 77.0 Å². The summed E-state index contributed by atoms with van der Waals surface area (Å²) in [5, 5.41) is 2.89. The Bertz CT molecular complexity index is 1650. The molecule has 12 heteroatoms. The van der Waals surface area contributed by atoms with Crippen LogP contribution >= 0.6 is 0 Å². The zero-order chi connectivity index (χ0) is 29.3. The molecule has 1 aliphatic heterocycles. The van der Waals surface area contributed by atoms with Crippen molar-refractivity contribution in [1.82, 2.24) is 24.3 Å². The third-order valence-corrected chi connectivity index (χ3v) is 7.13.